The molecule has 0 saturated heterocycles. The summed E-state index contributed by atoms with van der Waals surface area (Å²) in [5, 5.41) is 1.28. The highest BCUT2D eigenvalue weighted by molar-refractivity contribution is 9.10. The summed E-state index contributed by atoms with van der Waals surface area (Å²) in [7, 11) is 0. The van der Waals surface area contributed by atoms with Crippen LogP contribution in [0, 0.1) is 0 Å². The van der Waals surface area contributed by atoms with Crippen molar-refractivity contribution in [1.82, 2.24) is 4.57 Å². The van der Waals surface area contributed by atoms with Crippen LogP contribution in [0.15, 0.2) is 47.0 Å². The molecule has 0 spiro atoms. The molecule has 0 saturated carbocycles. The lowest BCUT2D eigenvalue weighted by molar-refractivity contribution is 1.06. The van der Waals surface area contributed by atoms with Gasteiger partial charge in [-0.1, -0.05) is 30.4 Å². The Labute approximate surface area is 96.8 Å². The van der Waals surface area contributed by atoms with Crippen LogP contribution in [0.4, 0.5) is 0 Å². The number of rotatable bonds is 0. The van der Waals surface area contributed by atoms with Crippen LogP contribution in [0.2, 0.25) is 0 Å². The molecule has 0 bridgehead atoms. The fourth-order valence-electron chi connectivity index (χ4n) is 2.03. The van der Waals surface area contributed by atoms with E-state index < -0.39 is 0 Å². The van der Waals surface area contributed by atoms with Gasteiger partial charge in [0.2, 0.25) is 0 Å². The Morgan fingerprint density at radius 3 is 2.93 bits per heavy atom. The van der Waals surface area contributed by atoms with Gasteiger partial charge in [0.05, 0.1) is 5.52 Å². The average Bonchev–Trinajstić information content (AvgIpc) is 2.48. The lowest BCUT2D eigenvalue weighted by Crippen LogP contribution is -1.91. The molecule has 0 unspecified atom stereocenters. The Bertz CT molecular complexity index is 575. The van der Waals surface area contributed by atoms with Gasteiger partial charge in [0.25, 0.3) is 0 Å². The van der Waals surface area contributed by atoms with E-state index >= 15 is 0 Å². The molecule has 74 valence electrons. The Kier molecular flexibility index (Phi) is 2.03. The maximum atomic E-state index is 3.68. The van der Waals surface area contributed by atoms with Crippen molar-refractivity contribution < 1.29 is 0 Å². The smallest absolute Gasteiger partial charge is 0.0537 e. The zero-order valence-electron chi connectivity index (χ0n) is 8.15. The zero-order chi connectivity index (χ0) is 10.3. The molecule has 1 nitrogen and oxygen atoms in total. The first-order valence-electron chi connectivity index (χ1n) is 4.98. The van der Waals surface area contributed by atoms with E-state index in [4.69, 9.17) is 0 Å². The fourth-order valence-corrected chi connectivity index (χ4v) is 2.72. The number of allylic oxidation sites excluding steroid dienone is 3. The standard InChI is InChI=1S/C13H10BrN/c14-13-10-6-3-4-7-11(10)15-9-5-1-2-8-12(13)15/h1-7,9H,8H2. The van der Waals surface area contributed by atoms with E-state index in [1.54, 1.807) is 0 Å². The third-order valence-corrected chi connectivity index (χ3v) is 3.62. The van der Waals surface area contributed by atoms with Crippen LogP contribution in [0.3, 0.4) is 0 Å². The van der Waals surface area contributed by atoms with E-state index in [1.165, 1.54) is 21.1 Å². The van der Waals surface area contributed by atoms with Gasteiger partial charge in [0.1, 0.15) is 0 Å². The van der Waals surface area contributed by atoms with Crippen molar-refractivity contribution >= 4 is 33.0 Å². The van der Waals surface area contributed by atoms with Gasteiger partial charge in [-0.15, -0.1) is 0 Å². The van der Waals surface area contributed by atoms with Crippen molar-refractivity contribution in [2.45, 2.75) is 6.42 Å². The molecule has 0 amide bonds. The second-order valence-electron chi connectivity index (χ2n) is 3.62. The monoisotopic (exact) mass is 259 g/mol. The van der Waals surface area contributed by atoms with Gasteiger partial charge in [0, 0.05) is 28.2 Å². The predicted octanol–water partition coefficient (Wildman–Crippen LogP) is 3.99. The number of para-hydroxylation sites is 1. The molecule has 2 heterocycles. The Balaban J connectivity index is 2.44. The molecule has 15 heavy (non-hydrogen) atoms. The first kappa shape index (κ1) is 8.98. The van der Waals surface area contributed by atoms with Gasteiger partial charge >= 0.3 is 0 Å². The van der Waals surface area contributed by atoms with E-state index in [1.807, 2.05) is 0 Å². The van der Waals surface area contributed by atoms with Gasteiger partial charge in [-0.25, -0.2) is 0 Å². The van der Waals surface area contributed by atoms with Crippen LogP contribution in [-0.4, -0.2) is 4.57 Å². The van der Waals surface area contributed by atoms with Crippen LogP contribution in [0.5, 0.6) is 0 Å². The summed E-state index contributed by atoms with van der Waals surface area (Å²) in [6, 6.07) is 8.46. The zero-order valence-corrected chi connectivity index (χ0v) is 9.74. The summed E-state index contributed by atoms with van der Waals surface area (Å²) in [6.07, 6.45) is 9.44. The molecule has 0 atom stereocenters. The summed E-state index contributed by atoms with van der Waals surface area (Å²) in [5.41, 5.74) is 2.58. The highest BCUT2D eigenvalue weighted by Crippen LogP contribution is 2.32. The first-order chi connectivity index (χ1) is 7.38. The molecular weight excluding hydrogens is 250 g/mol. The van der Waals surface area contributed by atoms with Gasteiger partial charge in [0.15, 0.2) is 0 Å². The Morgan fingerprint density at radius 2 is 2.00 bits per heavy atom. The number of halogens is 1. The van der Waals surface area contributed by atoms with Crippen LogP contribution in [-0.2, 0) is 6.42 Å². The van der Waals surface area contributed by atoms with Gasteiger partial charge in [-0.05, 0) is 28.1 Å². The average molecular weight is 260 g/mol. The molecule has 0 fully saturated rings. The second-order valence-corrected chi connectivity index (χ2v) is 4.41. The predicted molar refractivity (Wildman–Crippen MR) is 67.8 cm³/mol. The van der Waals surface area contributed by atoms with Crippen LogP contribution in [0.25, 0.3) is 17.1 Å². The fraction of sp³-hybridized carbons (Fsp3) is 0.0769. The summed E-state index contributed by atoms with van der Waals surface area (Å²) in [4.78, 5) is 0. The molecule has 1 aliphatic heterocycles. The summed E-state index contributed by atoms with van der Waals surface area (Å²) >= 11 is 3.68. The second kappa shape index (κ2) is 3.38. The van der Waals surface area contributed by atoms with Crippen molar-refractivity contribution in [2.75, 3.05) is 0 Å². The normalized spacial score (nSPS) is 14.2. The van der Waals surface area contributed by atoms with Gasteiger partial charge < -0.3 is 4.57 Å². The molecule has 1 aromatic carbocycles. The summed E-state index contributed by atoms with van der Waals surface area (Å²) in [6.45, 7) is 0. The maximum absolute atomic E-state index is 3.68. The van der Waals surface area contributed by atoms with Crippen LogP contribution < -0.4 is 0 Å². The number of fused-ring (bicyclic) bond motifs is 3. The molecule has 2 aromatic rings. The van der Waals surface area contributed by atoms with Crippen molar-refractivity contribution in [1.29, 1.82) is 0 Å². The molecular formula is C13H10BrN. The number of hydrogen-bond donors (Lipinski definition) is 0. The topological polar surface area (TPSA) is 4.93 Å². The van der Waals surface area contributed by atoms with E-state index in [0.29, 0.717) is 0 Å². The molecule has 1 aromatic heterocycles. The minimum absolute atomic E-state index is 0.974. The van der Waals surface area contributed by atoms with Gasteiger partial charge in [-0.2, -0.15) is 0 Å². The first-order valence-corrected chi connectivity index (χ1v) is 5.78. The number of nitrogens with zero attached hydrogens (tertiary/aromatic N) is 1. The minimum Gasteiger partial charge on any atom is -0.319 e. The third kappa shape index (κ3) is 1.29. The van der Waals surface area contributed by atoms with Gasteiger partial charge in [-0.3, -0.25) is 0 Å². The quantitative estimate of drug-likeness (QED) is 0.675. The molecule has 2 heteroatoms. The maximum Gasteiger partial charge on any atom is 0.0537 e. The highest BCUT2D eigenvalue weighted by Gasteiger charge is 2.12. The van der Waals surface area contributed by atoms with Crippen molar-refractivity contribution in [3.63, 3.8) is 0 Å². The largest absolute Gasteiger partial charge is 0.319 e. The molecule has 3 rings (SSSR count). The lowest BCUT2D eigenvalue weighted by atomic mass is 10.2. The number of benzene rings is 1. The van der Waals surface area contributed by atoms with E-state index in [-0.39, 0.29) is 0 Å². The molecule has 0 aliphatic carbocycles. The van der Waals surface area contributed by atoms with Crippen LogP contribution >= 0.6 is 15.9 Å². The number of hydrogen-bond acceptors (Lipinski definition) is 0. The Morgan fingerprint density at radius 1 is 1.13 bits per heavy atom. The number of aromatic nitrogens is 1. The van der Waals surface area contributed by atoms with Crippen molar-refractivity contribution in [3.05, 3.63) is 52.7 Å². The van der Waals surface area contributed by atoms with E-state index in [0.717, 1.165) is 6.42 Å². The molecule has 0 radical (unpaired) electrons. The van der Waals surface area contributed by atoms with Crippen molar-refractivity contribution in [2.24, 2.45) is 0 Å². The summed E-state index contributed by atoms with van der Waals surface area (Å²) in [5.74, 6) is 0. The molecule has 0 N–H and O–H groups in total. The third-order valence-electron chi connectivity index (χ3n) is 2.74. The van der Waals surface area contributed by atoms with Crippen molar-refractivity contribution in [3.8, 4) is 0 Å². The minimum atomic E-state index is 0.974. The van der Waals surface area contributed by atoms with E-state index in [2.05, 4.69) is 69.2 Å². The van der Waals surface area contributed by atoms with Crippen LogP contribution in [0.1, 0.15) is 5.69 Å². The lowest BCUT2D eigenvalue weighted by Gasteiger charge is -2.01. The molecule has 1 aliphatic rings. The summed E-state index contributed by atoms with van der Waals surface area (Å²) < 4.78 is 3.47. The SMILES string of the molecule is Brc1c2n(c3ccccc13)C=CC=CC2. The highest BCUT2D eigenvalue weighted by atomic mass is 79.9. The Hall–Kier alpha value is -1.28. The van der Waals surface area contributed by atoms with E-state index in [9.17, 15) is 0 Å².